The SMILES string of the molecule is Cc1cc(N)cc(C)c1OCc1ccc(F)c(C#N)c1. The second kappa shape index (κ2) is 5.62. The van der Waals surface area contributed by atoms with E-state index in [0.29, 0.717) is 5.69 Å². The summed E-state index contributed by atoms with van der Waals surface area (Å²) >= 11 is 0. The van der Waals surface area contributed by atoms with Crippen molar-refractivity contribution in [1.82, 2.24) is 0 Å². The van der Waals surface area contributed by atoms with Crippen molar-refractivity contribution in [1.29, 1.82) is 5.26 Å². The molecule has 0 atom stereocenters. The van der Waals surface area contributed by atoms with Crippen LogP contribution in [-0.2, 0) is 6.61 Å². The molecule has 2 aromatic carbocycles. The largest absolute Gasteiger partial charge is 0.488 e. The van der Waals surface area contributed by atoms with E-state index < -0.39 is 5.82 Å². The average molecular weight is 270 g/mol. The molecule has 0 aliphatic rings. The van der Waals surface area contributed by atoms with E-state index in [-0.39, 0.29) is 12.2 Å². The molecule has 2 rings (SSSR count). The molecule has 0 aromatic heterocycles. The highest BCUT2D eigenvalue weighted by Crippen LogP contribution is 2.26. The van der Waals surface area contributed by atoms with E-state index in [9.17, 15) is 4.39 Å². The maximum absolute atomic E-state index is 13.2. The standard InChI is InChI=1S/C16H15FN2O/c1-10-5-14(19)6-11(2)16(10)20-9-12-3-4-15(17)13(7-12)8-18/h3-7H,9,19H2,1-2H3. The molecule has 0 amide bonds. The molecule has 2 aromatic rings. The molecule has 3 nitrogen and oxygen atoms in total. The summed E-state index contributed by atoms with van der Waals surface area (Å²) in [6.07, 6.45) is 0. The maximum Gasteiger partial charge on any atom is 0.140 e. The number of hydrogen-bond donors (Lipinski definition) is 1. The summed E-state index contributed by atoms with van der Waals surface area (Å²) in [5.74, 6) is 0.248. The molecule has 0 unspecified atom stereocenters. The quantitative estimate of drug-likeness (QED) is 0.869. The Labute approximate surface area is 117 Å². The molecule has 0 saturated carbocycles. The maximum atomic E-state index is 13.2. The van der Waals surface area contributed by atoms with Crippen LogP contribution in [0.2, 0.25) is 0 Å². The second-order valence-corrected chi connectivity index (χ2v) is 4.70. The summed E-state index contributed by atoms with van der Waals surface area (Å²) in [5.41, 5.74) is 9.12. The minimum Gasteiger partial charge on any atom is -0.488 e. The van der Waals surface area contributed by atoms with Crippen LogP contribution < -0.4 is 10.5 Å². The Bertz CT molecular complexity index is 666. The van der Waals surface area contributed by atoms with Crippen LogP contribution in [0.4, 0.5) is 10.1 Å². The summed E-state index contributed by atoms with van der Waals surface area (Å²) < 4.78 is 19.0. The van der Waals surface area contributed by atoms with Crippen molar-refractivity contribution in [2.75, 3.05) is 5.73 Å². The van der Waals surface area contributed by atoms with Crippen molar-refractivity contribution in [3.05, 3.63) is 58.4 Å². The van der Waals surface area contributed by atoms with Crippen molar-refractivity contribution < 1.29 is 9.13 Å². The fraction of sp³-hybridized carbons (Fsp3) is 0.188. The second-order valence-electron chi connectivity index (χ2n) is 4.70. The zero-order valence-corrected chi connectivity index (χ0v) is 11.4. The van der Waals surface area contributed by atoms with Gasteiger partial charge in [-0.25, -0.2) is 4.39 Å². The molecule has 0 fully saturated rings. The lowest BCUT2D eigenvalue weighted by Crippen LogP contribution is -2.01. The van der Waals surface area contributed by atoms with Crippen LogP contribution in [0.1, 0.15) is 22.3 Å². The first-order valence-electron chi connectivity index (χ1n) is 6.19. The highest BCUT2D eigenvalue weighted by molar-refractivity contribution is 5.52. The molecule has 0 heterocycles. The number of hydrogen-bond acceptors (Lipinski definition) is 3. The van der Waals surface area contributed by atoms with Crippen molar-refractivity contribution in [3.63, 3.8) is 0 Å². The molecule has 0 bridgehead atoms. The van der Waals surface area contributed by atoms with Crippen LogP contribution in [0.15, 0.2) is 30.3 Å². The third-order valence-electron chi connectivity index (χ3n) is 3.02. The van der Waals surface area contributed by atoms with E-state index in [1.54, 1.807) is 6.07 Å². The molecule has 0 aliphatic carbocycles. The number of nitrogens with zero attached hydrogens (tertiary/aromatic N) is 1. The lowest BCUT2D eigenvalue weighted by atomic mass is 10.1. The topological polar surface area (TPSA) is 59.0 Å². The lowest BCUT2D eigenvalue weighted by molar-refractivity contribution is 0.302. The van der Waals surface area contributed by atoms with Gasteiger partial charge in [-0.05, 0) is 54.8 Å². The summed E-state index contributed by atoms with van der Waals surface area (Å²) in [6, 6.07) is 9.88. The Morgan fingerprint density at radius 2 is 1.85 bits per heavy atom. The van der Waals surface area contributed by atoms with Crippen LogP contribution in [0.25, 0.3) is 0 Å². The van der Waals surface area contributed by atoms with Gasteiger partial charge < -0.3 is 10.5 Å². The predicted molar refractivity (Wildman–Crippen MR) is 75.8 cm³/mol. The van der Waals surface area contributed by atoms with Gasteiger partial charge in [-0.15, -0.1) is 0 Å². The van der Waals surface area contributed by atoms with Gasteiger partial charge in [-0.1, -0.05) is 6.07 Å². The molecule has 102 valence electrons. The minimum atomic E-state index is -0.518. The number of nitrogens with two attached hydrogens (primary N) is 1. The fourth-order valence-corrected chi connectivity index (χ4v) is 2.11. The molecule has 0 saturated heterocycles. The Morgan fingerprint density at radius 1 is 1.20 bits per heavy atom. The van der Waals surface area contributed by atoms with Gasteiger partial charge in [0.25, 0.3) is 0 Å². The fourth-order valence-electron chi connectivity index (χ4n) is 2.11. The summed E-state index contributed by atoms with van der Waals surface area (Å²) in [5, 5.41) is 8.80. The highest BCUT2D eigenvalue weighted by Gasteiger charge is 2.07. The van der Waals surface area contributed by atoms with Gasteiger partial charge in [0.1, 0.15) is 24.2 Å². The van der Waals surface area contributed by atoms with E-state index in [1.165, 1.54) is 12.1 Å². The molecule has 4 heteroatoms. The van der Waals surface area contributed by atoms with Gasteiger partial charge in [0, 0.05) is 5.69 Å². The Hall–Kier alpha value is -2.54. The van der Waals surface area contributed by atoms with E-state index in [2.05, 4.69) is 0 Å². The third kappa shape index (κ3) is 2.89. The van der Waals surface area contributed by atoms with Gasteiger partial charge in [-0.2, -0.15) is 5.26 Å². The van der Waals surface area contributed by atoms with Crippen LogP contribution in [-0.4, -0.2) is 0 Å². The van der Waals surface area contributed by atoms with Crippen LogP contribution in [0.3, 0.4) is 0 Å². The first-order valence-corrected chi connectivity index (χ1v) is 6.19. The minimum absolute atomic E-state index is 0.0249. The Kier molecular flexibility index (Phi) is 3.90. The number of nitriles is 1. The number of benzene rings is 2. The Morgan fingerprint density at radius 3 is 2.45 bits per heavy atom. The van der Waals surface area contributed by atoms with Gasteiger partial charge in [0.2, 0.25) is 0 Å². The smallest absolute Gasteiger partial charge is 0.140 e. The summed E-state index contributed by atoms with van der Waals surface area (Å²) in [4.78, 5) is 0. The van der Waals surface area contributed by atoms with E-state index in [0.717, 1.165) is 22.4 Å². The number of rotatable bonds is 3. The van der Waals surface area contributed by atoms with Crippen molar-refractivity contribution in [3.8, 4) is 11.8 Å². The lowest BCUT2D eigenvalue weighted by Gasteiger charge is -2.13. The molecular formula is C16H15FN2O. The van der Waals surface area contributed by atoms with Crippen molar-refractivity contribution in [2.24, 2.45) is 0 Å². The number of anilines is 1. The van der Waals surface area contributed by atoms with E-state index >= 15 is 0 Å². The monoisotopic (exact) mass is 270 g/mol. The van der Waals surface area contributed by atoms with Crippen molar-refractivity contribution >= 4 is 5.69 Å². The molecule has 0 radical (unpaired) electrons. The Balaban J connectivity index is 2.20. The van der Waals surface area contributed by atoms with Crippen molar-refractivity contribution in [2.45, 2.75) is 20.5 Å². The zero-order valence-electron chi connectivity index (χ0n) is 11.4. The molecule has 20 heavy (non-hydrogen) atoms. The molecular weight excluding hydrogens is 255 g/mol. The first-order chi connectivity index (χ1) is 9.51. The average Bonchev–Trinajstić information content (AvgIpc) is 2.39. The highest BCUT2D eigenvalue weighted by atomic mass is 19.1. The number of halogens is 1. The number of nitrogen functional groups attached to an aromatic ring is 1. The number of ether oxygens (including phenoxy) is 1. The van der Waals surface area contributed by atoms with Crippen LogP contribution in [0.5, 0.6) is 5.75 Å². The molecule has 2 N–H and O–H groups in total. The zero-order chi connectivity index (χ0) is 14.7. The molecule has 0 spiro atoms. The molecule has 0 aliphatic heterocycles. The van der Waals surface area contributed by atoms with E-state index in [1.807, 2.05) is 32.0 Å². The van der Waals surface area contributed by atoms with Gasteiger partial charge >= 0.3 is 0 Å². The van der Waals surface area contributed by atoms with Crippen LogP contribution in [0, 0.1) is 31.0 Å². The van der Waals surface area contributed by atoms with Gasteiger partial charge in [0.05, 0.1) is 5.56 Å². The summed E-state index contributed by atoms with van der Waals surface area (Å²) in [6.45, 7) is 4.12. The predicted octanol–water partition coefficient (Wildman–Crippen LogP) is 3.48. The summed E-state index contributed by atoms with van der Waals surface area (Å²) in [7, 11) is 0. The van der Waals surface area contributed by atoms with E-state index in [4.69, 9.17) is 15.7 Å². The first kappa shape index (κ1) is 13.9. The third-order valence-corrected chi connectivity index (χ3v) is 3.02. The van der Waals surface area contributed by atoms with Gasteiger partial charge in [-0.3, -0.25) is 0 Å². The van der Waals surface area contributed by atoms with Crippen LogP contribution >= 0.6 is 0 Å². The van der Waals surface area contributed by atoms with Gasteiger partial charge in [0.15, 0.2) is 0 Å². The number of aryl methyl sites for hydroxylation is 2. The normalized spacial score (nSPS) is 10.1.